The van der Waals surface area contributed by atoms with Gasteiger partial charge < -0.3 is 39.7 Å². The predicted octanol–water partition coefficient (Wildman–Crippen LogP) is 5.39. The van der Waals surface area contributed by atoms with Crippen LogP contribution in [0.4, 0.5) is 0 Å². The number of fused-ring (bicyclic) bond motifs is 15. The topological polar surface area (TPSA) is 192 Å². The van der Waals surface area contributed by atoms with Crippen molar-refractivity contribution in [3.05, 3.63) is 69.8 Å². The summed E-state index contributed by atoms with van der Waals surface area (Å²) >= 11 is 0. The largest absolute Gasteiger partial charge is 0.507 e. The number of Topliss-reactive ketones (excluding diaryl/α,β-unsaturated/α-hetero) is 3. The molecule has 5 aliphatic rings. The average molecular weight is 834 g/mol. The maximum absolute atomic E-state index is 14.9. The molecule has 1 aromatic carbocycles. The summed E-state index contributed by atoms with van der Waals surface area (Å²) in [4.78, 5) is 74.1. The summed E-state index contributed by atoms with van der Waals surface area (Å²) in [6, 6.07) is 0. The van der Waals surface area contributed by atoms with Crippen molar-refractivity contribution in [2.24, 2.45) is 29.6 Å². The number of esters is 1. The molecule has 5 bridgehead atoms. The Balaban J connectivity index is 1.63. The number of phenols is 1. The molecule has 4 aliphatic heterocycles. The first-order valence-electron chi connectivity index (χ1n) is 21.0. The van der Waals surface area contributed by atoms with Gasteiger partial charge in [0.05, 0.1) is 34.7 Å². The number of amides is 1. The Kier molecular flexibility index (Phi) is 13.9. The number of allylic oxidation sites excluding steroid dienone is 5. The SMILES string of the molecule is CC(=O)OC1[C@H](C)C(O)[C@H](C)CC(C)C(C)(O)/C=C/C=C(/C)C(=O)NC2=C(N3CCN(CC(C)C)CC3)C(=O)c3c(c(O)c(C)c4c3C(=O)[C@@](C)(O/C=C/C[C@H]1C)O4)C2=O. The third-order valence-electron chi connectivity index (χ3n) is 12.5. The van der Waals surface area contributed by atoms with Gasteiger partial charge in [0.15, 0.2) is 0 Å². The van der Waals surface area contributed by atoms with Crippen LogP contribution in [0.25, 0.3) is 0 Å². The molecule has 0 saturated carbocycles. The van der Waals surface area contributed by atoms with Gasteiger partial charge in [-0.15, -0.1) is 0 Å². The molecular formula is C46H63N3O11. The summed E-state index contributed by atoms with van der Waals surface area (Å²) in [5, 5.41) is 37.3. The number of rotatable bonds is 4. The van der Waals surface area contributed by atoms with Gasteiger partial charge in [0.25, 0.3) is 11.7 Å². The highest BCUT2D eigenvalue weighted by Gasteiger charge is 2.53. The molecule has 14 heteroatoms. The van der Waals surface area contributed by atoms with Crippen LogP contribution in [0, 0.1) is 36.5 Å². The van der Waals surface area contributed by atoms with Gasteiger partial charge in [-0.1, -0.05) is 59.8 Å². The van der Waals surface area contributed by atoms with Crippen molar-refractivity contribution in [1.29, 1.82) is 0 Å². The van der Waals surface area contributed by atoms with Crippen LogP contribution in [0.5, 0.6) is 11.5 Å². The number of ketones is 3. The van der Waals surface area contributed by atoms with Gasteiger partial charge in [0.2, 0.25) is 11.6 Å². The number of piperazine rings is 1. The molecule has 8 atom stereocenters. The molecule has 1 aromatic rings. The van der Waals surface area contributed by atoms with Crippen LogP contribution < -0.4 is 10.1 Å². The number of carbonyl (C=O) groups excluding carboxylic acids is 5. The zero-order chi connectivity index (χ0) is 44.6. The van der Waals surface area contributed by atoms with E-state index in [0.29, 0.717) is 44.9 Å². The number of nitrogens with one attached hydrogen (secondary N) is 1. The molecule has 4 unspecified atom stereocenters. The maximum atomic E-state index is 14.9. The Bertz CT molecular complexity index is 2020. The minimum atomic E-state index is -1.99. The number of aromatic hydroxyl groups is 1. The van der Waals surface area contributed by atoms with Crippen molar-refractivity contribution in [1.82, 2.24) is 15.1 Å². The minimum absolute atomic E-state index is 0.0366. The van der Waals surface area contributed by atoms with Gasteiger partial charge >= 0.3 is 11.8 Å². The van der Waals surface area contributed by atoms with Crippen molar-refractivity contribution in [2.45, 2.75) is 113 Å². The molecule has 4 heterocycles. The summed E-state index contributed by atoms with van der Waals surface area (Å²) in [7, 11) is 0. The quantitative estimate of drug-likeness (QED) is 0.283. The van der Waals surface area contributed by atoms with E-state index in [9.17, 15) is 39.3 Å². The lowest BCUT2D eigenvalue weighted by Gasteiger charge is -2.39. The monoisotopic (exact) mass is 833 g/mol. The molecule has 1 fully saturated rings. The zero-order valence-corrected chi connectivity index (χ0v) is 36.9. The van der Waals surface area contributed by atoms with Crippen LogP contribution in [0.2, 0.25) is 0 Å². The van der Waals surface area contributed by atoms with Gasteiger partial charge in [-0.05, 0) is 63.4 Å². The van der Waals surface area contributed by atoms with Gasteiger partial charge in [0.1, 0.15) is 29.0 Å². The highest BCUT2D eigenvalue weighted by molar-refractivity contribution is 6.32. The molecule has 14 nitrogen and oxygen atoms in total. The zero-order valence-electron chi connectivity index (χ0n) is 36.9. The Morgan fingerprint density at radius 2 is 1.63 bits per heavy atom. The van der Waals surface area contributed by atoms with E-state index in [2.05, 4.69) is 24.1 Å². The smallest absolute Gasteiger partial charge is 0.312 e. The number of aliphatic hydroxyl groups excluding tert-OH is 1. The van der Waals surface area contributed by atoms with E-state index in [0.717, 1.165) is 6.54 Å². The van der Waals surface area contributed by atoms with Gasteiger partial charge in [0, 0.05) is 63.6 Å². The fourth-order valence-corrected chi connectivity index (χ4v) is 8.73. The lowest BCUT2D eigenvalue weighted by atomic mass is 9.77. The number of aliphatic hydroxyl groups is 2. The van der Waals surface area contributed by atoms with Gasteiger partial charge in [-0.25, -0.2) is 0 Å². The van der Waals surface area contributed by atoms with Crippen LogP contribution in [0.3, 0.4) is 0 Å². The lowest BCUT2D eigenvalue weighted by molar-refractivity contribution is -0.156. The van der Waals surface area contributed by atoms with Crippen LogP contribution in [0.15, 0.2) is 47.5 Å². The Morgan fingerprint density at radius 3 is 2.25 bits per heavy atom. The number of hydrogen-bond donors (Lipinski definition) is 4. The number of benzene rings is 1. The molecular weight excluding hydrogens is 771 g/mol. The van der Waals surface area contributed by atoms with E-state index in [1.54, 1.807) is 24.0 Å². The van der Waals surface area contributed by atoms with Crippen molar-refractivity contribution in [2.75, 3.05) is 32.7 Å². The molecule has 60 heavy (non-hydrogen) atoms. The Hall–Kier alpha value is -4.79. The number of hydrogen-bond acceptors (Lipinski definition) is 13. The van der Waals surface area contributed by atoms with Crippen molar-refractivity contribution >= 4 is 29.2 Å². The van der Waals surface area contributed by atoms with E-state index in [-0.39, 0.29) is 57.2 Å². The third kappa shape index (κ3) is 9.25. The second kappa shape index (κ2) is 18.1. The molecule has 0 spiro atoms. The molecule has 1 amide bonds. The first kappa shape index (κ1) is 46.3. The third-order valence-corrected chi connectivity index (χ3v) is 12.5. The highest BCUT2D eigenvalue weighted by Crippen LogP contribution is 2.49. The molecule has 4 N–H and O–H groups in total. The van der Waals surface area contributed by atoms with E-state index >= 15 is 0 Å². The summed E-state index contributed by atoms with van der Waals surface area (Å²) < 4.78 is 17.8. The molecule has 0 aromatic heterocycles. The number of nitrogens with zero attached hydrogens (tertiary/aromatic N) is 2. The first-order valence-corrected chi connectivity index (χ1v) is 21.0. The maximum Gasteiger partial charge on any atom is 0.312 e. The van der Waals surface area contributed by atoms with Crippen molar-refractivity contribution in [3.8, 4) is 11.5 Å². The summed E-state index contributed by atoms with van der Waals surface area (Å²) in [5.41, 5.74) is -2.53. The summed E-state index contributed by atoms with van der Waals surface area (Å²) in [6.07, 6.45) is 6.60. The Labute approximate surface area is 353 Å². The van der Waals surface area contributed by atoms with Crippen LogP contribution in [0.1, 0.15) is 119 Å². The lowest BCUT2D eigenvalue weighted by Crippen LogP contribution is -2.50. The molecule has 0 radical (unpaired) electrons. The van der Waals surface area contributed by atoms with Crippen molar-refractivity contribution < 1.29 is 53.5 Å². The average Bonchev–Trinajstić information content (AvgIpc) is 3.44. The normalized spacial score (nSPS) is 33.1. The number of ether oxygens (including phenoxy) is 3. The summed E-state index contributed by atoms with van der Waals surface area (Å²) in [6.45, 7) is 21.6. The van der Waals surface area contributed by atoms with Crippen LogP contribution >= 0.6 is 0 Å². The first-order chi connectivity index (χ1) is 28.0. The molecule has 328 valence electrons. The van der Waals surface area contributed by atoms with E-state index in [1.807, 2.05) is 27.7 Å². The van der Waals surface area contributed by atoms with E-state index < -0.39 is 70.1 Å². The molecule has 1 saturated heterocycles. The standard InChI is InChI=1S/C46H63N3O11/c1-24(2)23-48-17-19-49(20-18-48)36-35-39(53)33-32(40(36)54)34-42(30(8)38(33)52)60-46(11,43(34)55)58-21-13-15-25(3)41(59-31(9)50)29(7)37(51)27(5)22-28(6)45(10,57)16-12-14-26(4)44(56)47-35/h12-14,16,21,24-25,27-29,37,41,51-52,57H,15,17-20,22-23H2,1-11H3,(H,47,56)/b16-12+,21-13+,26-14-/t25-,27-,28?,29-,37?,41?,45?,46+/m1/s1. The molecule has 1 aliphatic carbocycles. The van der Waals surface area contributed by atoms with Gasteiger partial charge in [-0.2, -0.15) is 0 Å². The highest BCUT2D eigenvalue weighted by atomic mass is 16.7. The Morgan fingerprint density at radius 1 is 0.983 bits per heavy atom. The van der Waals surface area contributed by atoms with Gasteiger partial charge in [-0.3, -0.25) is 28.9 Å². The molecule has 6 rings (SSSR count). The summed E-state index contributed by atoms with van der Waals surface area (Å²) in [5.74, 6) is -7.26. The van der Waals surface area contributed by atoms with E-state index in [4.69, 9.17) is 14.2 Å². The van der Waals surface area contributed by atoms with E-state index in [1.165, 1.54) is 46.1 Å². The second-order valence-electron chi connectivity index (χ2n) is 18.0. The number of phenolic OH excluding ortho intramolecular Hbond substituents is 1. The predicted molar refractivity (Wildman–Crippen MR) is 224 cm³/mol. The fourth-order valence-electron chi connectivity index (χ4n) is 8.73. The van der Waals surface area contributed by atoms with Crippen molar-refractivity contribution in [3.63, 3.8) is 0 Å². The van der Waals surface area contributed by atoms with Crippen LogP contribution in [-0.2, 0) is 19.1 Å². The van der Waals surface area contributed by atoms with Crippen LogP contribution in [-0.4, -0.2) is 111 Å². The second-order valence-corrected chi connectivity index (χ2v) is 18.0. The minimum Gasteiger partial charge on any atom is -0.507 e. The number of carbonyl (C=O) groups is 5. The fraction of sp³-hybridized carbons (Fsp3) is 0.587.